The zero-order valence-electron chi connectivity index (χ0n) is 15.7. The molecule has 1 aromatic rings. The molecule has 0 unspecified atom stereocenters. The number of hydrogen-bond acceptors (Lipinski definition) is 5. The van der Waals surface area contributed by atoms with Crippen molar-refractivity contribution in [3.63, 3.8) is 0 Å². The number of carbonyl (C=O) groups is 1. The molecule has 2 aliphatic rings. The number of ether oxygens (including phenoxy) is 2. The Bertz CT molecular complexity index is 609. The molecule has 0 radical (unpaired) electrons. The first-order valence-electron chi connectivity index (χ1n) is 8.98. The summed E-state index contributed by atoms with van der Waals surface area (Å²) in [5.41, 5.74) is 0.281. The van der Waals surface area contributed by atoms with Crippen LogP contribution < -0.4 is 10.2 Å². The van der Waals surface area contributed by atoms with Gasteiger partial charge in [-0.2, -0.15) is 0 Å². The fraction of sp³-hybridized carbons (Fsp3) is 0.632. The van der Waals surface area contributed by atoms with Gasteiger partial charge in [-0.05, 0) is 58.6 Å². The van der Waals surface area contributed by atoms with Gasteiger partial charge in [0.05, 0.1) is 30.3 Å². The minimum Gasteiger partial charge on any atom is -0.493 e. The van der Waals surface area contributed by atoms with Crippen molar-refractivity contribution in [2.24, 2.45) is 11.8 Å². The first-order chi connectivity index (χ1) is 11.7. The molecule has 1 aromatic carbocycles. The average Bonchev–Trinajstić information content (AvgIpc) is 3.28. The van der Waals surface area contributed by atoms with E-state index in [2.05, 4.69) is 0 Å². The van der Waals surface area contributed by atoms with E-state index in [1.807, 2.05) is 58.9 Å². The largest absolute Gasteiger partial charge is 0.494 e. The Morgan fingerprint density at radius 2 is 1.76 bits per heavy atom. The Hall–Kier alpha value is -1.53. The van der Waals surface area contributed by atoms with Crippen LogP contribution in [0.15, 0.2) is 24.3 Å². The minimum absolute atomic E-state index is 0.00368. The van der Waals surface area contributed by atoms with Crippen LogP contribution in [-0.4, -0.2) is 37.5 Å². The van der Waals surface area contributed by atoms with E-state index in [9.17, 15) is 4.79 Å². The Morgan fingerprint density at radius 3 is 2.32 bits per heavy atom. The van der Waals surface area contributed by atoms with Crippen LogP contribution in [0.4, 0.5) is 0 Å². The van der Waals surface area contributed by atoms with Gasteiger partial charge in [-0.25, -0.2) is 0 Å². The molecule has 0 aromatic heterocycles. The van der Waals surface area contributed by atoms with Gasteiger partial charge >= 0.3 is 13.1 Å². The molecule has 0 N–H and O–H groups in total. The molecule has 0 bridgehead atoms. The Labute approximate surface area is 150 Å². The Kier molecular flexibility index (Phi) is 4.86. The van der Waals surface area contributed by atoms with E-state index < -0.39 is 0 Å². The van der Waals surface area contributed by atoms with Crippen molar-refractivity contribution in [2.75, 3.05) is 13.2 Å². The summed E-state index contributed by atoms with van der Waals surface area (Å²) in [4.78, 5) is 11.6. The molecular formula is C19H27BO5. The topological polar surface area (TPSA) is 54.0 Å². The number of esters is 1. The maximum atomic E-state index is 11.6. The lowest BCUT2D eigenvalue weighted by atomic mass is 9.79. The van der Waals surface area contributed by atoms with Gasteiger partial charge in [-0.1, -0.05) is 12.1 Å². The second kappa shape index (κ2) is 6.65. The van der Waals surface area contributed by atoms with Crippen molar-refractivity contribution >= 4 is 18.6 Å². The van der Waals surface area contributed by atoms with Crippen molar-refractivity contribution in [3.05, 3.63) is 24.3 Å². The molecule has 1 aliphatic carbocycles. The summed E-state index contributed by atoms with van der Waals surface area (Å²) in [6.45, 7) is 11.0. The van der Waals surface area contributed by atoms with Crippen LogP contribution in [0.5, 0.6) is 5.75 Å². The summed E-state index contributed by atoms with van der Waals surface area (Å²) in [5.74, 6) is 0.952. The smallest absolute Gasteiger partial charge is 0.493 e. The number of rotatable bonds is 6. The molecule has 1 aliphatic heterocycles. The molecule has 1 heterocycles. The van der Waals surface area contributed by atoms with Crippen LogP contribution in [-0.2, 0) is 18.8 Å². The highest BCUT2D eigenvalue weighted by atomic mass is 16.7. The van der Waals surface area contributed by atoms with Crippen molar-refractivity contribution < 1.29 is 23.6 Å². The van der Waals surface area contributed by atoms with Gasteiger partial charge in [0.15, 0.2) is 0 Å². The maximum absolute atomic E-state index is 11.6. The molecule has 1 saturated carbocycles. The highest BCUT2D eigenvalue weighted by molar-refractivity contribution is 6.62. The molecule has 2 fully saturated rings. The second-order valence-electron chi connectivity index (χ2n) is 7.82. The predicted octanol–water partition coefficient (Wildman–Crippen LogP) is 2.56. The molecule has 1 saturated heterocycles. The highest BCUT2D eigenvalue weighted by Gasteiger charge is 2.51. The van der Waals surface area contributed by atoms with E-state index in [0.717, 1.165) is 17.6 Å². The molecule has 25 heavy (non-hydrogen) atoms. The van der Waals surface area contributed by atoms with E-state index >= 15 is 0 Å². The van der Waals surface area contributed by atoms with Crippen LogP contribution in [0.3, 0.4) is 0 Å². The van der Waals surface area contributed by atoms with Crippen molar-refractivity contribution in [3.8, 4) is 5.75 Å². The zero-order valence-corrected chi connectivity index (χ0v) is 15.7. The average molecular weight is 346 g/mol. The molecule has 2 atom stereocenters. The highest BCUT2D eigenvalue weighted by Crippen LogP contribution is 2.40. The van der Waals surface area contributed by atoms with Gasteiger partial charge < -0.3 is 18.8 Å². The molecule has 5 nitrogen and oxygen atoms in total. The number of carbonyl (C=O) groups excluding carboxylic acids is 1. The van der Waals surface area contributed by atoms with Crippen molar-refractivity contribution in [2.45, 2.75) is 52.2 Å². The summed E-state index contributed by atoms with van der Waals surface area (Å²) in [5, 5.41) is 0. The SMILES string of the molecule is CCOC(=O)[C@H]1C[C@@H]1COc1ccc(B2OC(C)(C)C(C)(C)O2)cc1. The Morgan fingerprint density at radius 1 is 1.16 bits per heavy atom. The third kappa shape index (κ3) is 3.85. The summed E-state index contributed by atoms with van der Waals surface area (Å²) in [6.07, 6.45) is 0.852. The number of hydrogen-bond donors (Lipinski definition) is 0. The summed E-state index contributed by atoms with van der Waals surface area (Å²) in [6, 6.07) is 7.77. The molecular weight excluding hydrogens is 319 g/mol. The van der Waals surface area contributed by atoms with E-state index in [0.29, 0.717) is 13.2 Å². The lowest BCUT2D eigenvalue weighted by molar-refractivity contribution is -0.145. The van der Waals surface area contributed by atoms with Crippen LogP contribution >= 0.6 is 0 Å². The van der Waals surface area contributed by atoms with Gasteiger partial charge in [-0.15, -0.1) is 0 Å². The van der Waals surface area contributed by atoms with E-state index in [-0.39, 0.29) is 36.1 Å². The van der Waals surface area contributed by atoms with Gasteiger partial charge in [-0.3, -0.25) is 4.79 Å². The molecule has 3 rings (SSSR count). The predicted molar refractivity (Wildman–Crippen MR) is 95.9 cm³/mol. The van der Waals surface area contributed by atoms with Crippen LogP contribution in [0, 0.1) is 11.8 Å². The normalized spacial score (nSPS) is 26.4. The monoisotopic (exact) mass is 346 g/mol. The standard InChI is InChI=1S/C19H27BO5/c1-6-22-17(21)16-11-13(16)12-23-15-9-7-14(8-10-15)20-24-18(2,3)19(4,5)25-20/h7-10,13,16H,6,11-12H2,1-5H3/t13-,16+/m1/s1. The van der Waals surface area contributed by atoms with E-state index in [1.165, 1.54) is 0 Å². The lowest BCUT2D eigenvalue weighted by Gasteiger charge is -2.32. The van der Waals surface area contributed by atoms with Crippen molar-refractivity contribution in [1.29, 1.82) is 0 Å². The molecule has 0 spiro atoms. The molecule has 0 amide bonds. The van der Waals surface area contributed by atoms with Gasteiger partial charge in [0.2, 0.25) is 0 Å². The first kappa shape index (κ1) is 18.3. The van der Waals surface area contributed by atoms with Crippen LogP contribution in [0.1, 0.15) is 41.0 Å². The summed E-state index contributed by atoms with van der Waals surface area (Å²) in [7, 11) is -0.365. The van der Waals surface area contributed by atoms with Gasteiger partial charge in [0, 0.05) is 5.92 Å². The van der Waals surface area contributed by atoms with E-state index in [4.69, 9.17) is 18.8 Å². The fourth-order valence-electron chi connectivity index (χ4n) is 2.87. The lowest BCUT2D eigenvalue weighted by Crippen LogP contribution is -2.41. The molecule has 136 valence electrons. The van der Waals surface area contributed by atoms with Gasteiger partial charge in [0.1, 0.15) is 5.75 Å². The second-order valence-corrected chi connectivity index (χ2v) is 7.82. The molecule has 6 heteroatoms. The fourth-order valence-corrected chi connectivity index (χ4v) is 2.87. The summed E-state index contributed by atoms with van der Waals surface area (Å²) >= 11 is 0. The minimum atomic E-state index is -0.365. The number of benzene rings is 1. The Balaban J connectivity index is 1.51. The quantitative estimate of drug-likeness (QED) is 0.585. The van der Waals surface area contributed by atoms with Crippen molar-refractivity contribution in [1.82, 2.24) is 0 Å². The first-order valence-corrected chi connectivity index (χ1v) is 8.98. The maximum Gasteiger partial charge on any atom is 0.494 e. The zero-order chi connectivity index (χ0) is 18.2. The van der Waals surface area contributed by atoms with E-state index in [1.54, 1.807) is 0 Å². The van der Waals surface area contributed by atoms with Crippen LogP contribution in [0.25, 0.3) is 0 Å². The third-order valence-corrected chi connectivity index (χ3v) is 5.38. The summed E-state index contributed by atoms with van der Waals surface area (Å²) < 4.78 is 22.9. The van der Waals surface area contributed by atoms with Gasteiger partial charge in [0.25, 0.3) is 0 Å². The van der Waals surface area contributed by atoms with Crippen LogP contribution in [0.2, 0.25) is 0 Å². The third-order valence-electron chi connectivity index (χ3n) is 5.38.